The predicted molar refractivity (Wildman–Crippen MR) is 103 cm³/mol. The number of rotatable bonds is 6. The minimum atomic E-state index is -4.65. The van der Waals surface area contributed by atoms with Gasteiger partial charge < -0.3 is 5.32 Å². The molecule has 0 aliphatic carbocycles. The van der Waals surface area contributed by atoms with Crippen LogP contribution in [-0.2, 0) is 17.4 Å². The summed E-state index contributed by atoms with van der Waals surface area (Å²) in [5.41, 5.74) is 1.17. The highest BCUT2D eigenvalue weighted by Gasteiger charge is 2.35. The number of para-hydroxylation sites is 1. The average Bonchev–Trinajstić information content (AvgIpc) is 2.65. The molecule has 0 radical (unpaired) electrons. The summed E-state index contributed by atoms with van der Waals surface area (Å²) < 4.78 is 39.1. The fourth-order valence-corrected chi connectivity index (χ4v) is 3.57. The van der Waals surface area contributed by atoms with Crippen LogP contribution in [0.1, 0.15) is 11.4 Å². The Hall–Kier alpha value is -2.32. The van der Waals surface area contributed by atoms with Crippen LogP contribution in [0.15, 0.2) is 53.6 Å². The van der Waals surface area contributed by atoms with Crippen LogP contribution in [0.3, 0.4) is 0 Å². The maximum atomic E-state index is 13.0. The van der Waals surface area contributed by atoms with Gasteiger partial charge in [0.15, 0.2) is 0 Å². The van der Waals surface area contributed by atoms with E-state index in [0.717, 1.165) is 17.3 Å². The van der Waals surface area contributed by atoms with Gasteiger partial charge >= 0.3 is 6.18 Å². The molecule has 0 saturated heterocycles. The van der Waals surface area contributed by atoms with Crippen molar-refractivity contribution >= 4 is 40.2 Å². The molecule has 28 heavy (non-hydrogen) atoms. The topological polar surface area (TPSA) is 54.9 Å². The van der Waals surface area contributed by atoms with Gasteiger partial charge in [-0.15, -0.1) is 0 Å². The first-order valence-corrected chi connectivity index (χ1v) is 9.67. The van der Waals surface area contributed by atoms with E-state index in [1.165, 1.54) is 6.07 Å². The second kappa shape index (κ2) is 8.79. The van der Waals surface area contributed by atoms with Crippen LogP contribution < -0.4 is 5.32 Å². The van der Waals surface area contributed by atoms with Gasteiger partial charge in [0.2, 0.25) is 11.7 Å². The lowest BCUT2D eigenvalue weighted by Crippen LogP contribution is -2.27. The molecule has 1 amide bonds. The molecule has 0 aliphatic rings. The van der Waals surface area contributed by atoms with Crippen LogP contribution in [0, 0.1) is 0 Å². The fourth-order valence-electron chi connectivity index (χ4n) is 2.51. The molecule has 0 aliphatic heterocycles. The van der Waals surface area contributed by atoms with Gasteiger partial charge in [-0.3, -0.25) is 4.79 Å². The molecule has 0 spiro atoms. The van der Waals surface area contributed by atoms with Crippen molar-refractivity contribution in [2.24, 2.45) is 0 Å². The zero-order chi connectivity index (χ0) is 20.1. The van der Waals surface area contributed by atoms with E-state index < -0.39 is 12.0 Å². The van der Waals surface area contributed by atoms with E-state index in [2.05, 4.69) is 15.3 Å². The number of nitrogens with one attached hydrogen (secondary N) is 1. The van der Waals surface area contributed by atoms with Gasteiger partial charge in [-0.1, -0.05) is 53.7 Å². The molecule has 0 atom stereocenters. The second-order valence-electron chi connectivity index (χ2n) is 5.89. The number of hydrogen-bond acceptors (Lipinski definition) is 4. The number of carbonyl (C=O) groups excluding carboxylic acids is 1. The molecule has 0 unspecified atom stereocenters. The van der Waals surface area contributed by atoms with Crippen molar-refractivity contribution in [3.05, 3.63) is 64.9 Å². The number of halogens is 4. The normalized spacial score (nSPS) is 11.6. The minimum absolute atomic E-state index is 0.0478. The molecular weight excluding hydrogens is 411 g/mol. The van der Waals surface area contributed by atoms with Gasteiger partial charge in [-0.2, -0.15) is 13.2 Å². The largest absolute Gasteiger partial charge is 0.451 e. The standard InChI is InChI=1S/C19H15ClF3N3OS/c20-13-5-3-4-12(10-13)8-9-24-16(27)11-28-17-14-6-1-2-7-15(14)25-18(26-17)19(21,22)23/h1-7,10H,8-9,11H2,(H,24,27). The SMILES string of the molecule is O=C(CSc1nc(C(F)(F)F)nc2ccccc12)NCCc1cccc(Cl)c1. The third-order valence-electron chi connectivity index (χ3n) is 3.79. The van der Waals surface area contributed by atoms with Crippen molar-refractivity contribution in [2.45, 2.75) is 17.6 Å². The summed E-state index contributed by atoms with van der Waals surface area (Å²) in [6.45, 7) is 0.401. The van der Waals surface area contributed by atoms with E-state index in [1.54, 1.807) is 24.3 Å². The molecule has 0 saturated carbocycles. The number of hydrogen-bond donors (Lipinski definition) is 1. The monoisotopic (exact) mass is 425 g/mol. The lowest BCUT2D eigenvalue weighted by Gasteiger charge is -2.10. The number of benzene rings is 2. The van der Waals surface area contributed by atoms with Gasteiger partial charge in [0, 0.05) is 17.0 Å². The van der Waals surface area contributed by atoms with Gasteiger partial charge in [0.05, 0.1) is 11.3 Å². The lowest BCUT2D eigenvalue weighted by atomic mass is 10.1. The first-order valence-electron chi connectivity index (χ1n) is 8.31. The van der Waals surface area contributed by atoms with E-state index in [4.69, 9.17) is 11.6 Å². The molecule has 2 aromatic carbocycles. The van der Waals surface area contributed by atoms with Crippen LogP contribution in [0.4, 0.5) is 13.2 Å². The molecule has 1 N–H and O–H groups in total. The molecule has 0 bridgehead atoms. The van der Waals surface area contributed by atoms with Gasteiger partial charge in [0.1, 0.15) is 5.03 Å². The summed E-state index contributed by atoms with van der Waals surface area (Å²) >= 11 is 6.87. The summed E-state index contributed by atoms with van der Waals surface area (Å²) in [5.74, 6) is -1.55. The number of aromatic nitrogens is 2. The van der Waals surface area contributed by atoms with Crippen LogP contribution in [0.5, 0.6) is 0 Å². The Morgan fingerprint density at radius 3 is 2.64 bits per heavy atom. The zero-order valence-corrected chi connectivity index (χ0v) is 16.0. The van der Waals surface area contributed by atoms with Crippen molar-refractivity contribution < 1.29 is 18.0 Å². The zero-order valence-electron chi connectivity index (χ0n) is 14.5. The average molecular weight is 426 g/mol. The lowest BCUT2D eigenvalue weighted by molar-refractivity contribution is -0.145. The Morgan fingerprint density at radius 2 is 1.89 bits per heavy atom. The third-order valence-corrected chi connectivity index (χ3v) is 5.01. The number of thioether (sulfide) groups is 1. The van der Waals surface area contributed by atoms with E-state index in [9.17, 15) is 18.0 Å². The summed E-state index contributed by atoms with van der Waals surface area (Å²) in [6.07, 6.45) is -4.05. The van der Waals surface area contributed by atoms with Crippen molar-refractivity contribution in [3.63, 3.8) is 0 Å². The Labute approximate surface area is 168 Å². The Kier molecular flexibility index (Phi) is 6.41. The number of nitrogens with zero attached hydrogens (tertiary/aromatic N) is 2. The molecule has 146 valence electrons. The fraction of sp³-hybridized carbons (Fsp3) is 0.211. The van der Waals surface area contributed by atoms with Crippen LogP contribution in [-0.4, -0.2) is 28.2 Å². The second-order valence-corrected chi connectivity index (χ2v) is 7.29. The highest BCUT2D eigenvalue weighted by atomic mass is 35.5. The molecule has 1 aromatic heterocycles. The summed E-state index contributed by atoms with van der Waals surface area (Å²) in [5, 5.41) is 3.97. The molecule has 1 heterocycles. The van der Waals surface area contributed by atoms with Crippen LogP contribution in [0.2, 0.25) is 5.02 Å². The minimum Gasteiger partial charge on any atom is -0.355 e. The third kappa shape index (κ3) is 5.36. The number of alkyl halides is 3. The van der Waals surface area contributed by atoms with Crippen molar-refractivity contribution in [2.75, 3.05) is 12.3 Å². The smallest absolute Gasteiger partial charge is 0.355 e. The summed E-state index contributed by atoms with van der Waals surface area (Å²) in [7, 11) is 0. The van der Waals surface area contributed by atoms with Crippen molar-refractivity contribution in [1.29, 1.82) is 0 Å². The first kappa shape index (κ1) is 20.4. The van der Waals surface area contributed by atoms with Crippen LogP contribution in [0.25, 0.3) is 10.9 Å². The summed E-state index contributed by atoms with van der Waals surface area (Å²) in [4.78, 5) is 19.2. The van der Waals surface area contributed by atoms with Crippen molar-refractivity contribution in [1.82, 2.24) is 15.3 Å². The van der Waals surface area contributed by atoms with Crippen LogP contribution >= 0.6 is 23.4 Å². The maximum Gasteiger partial charge on any atom is 0.451 e. The molecular formula is C19H15ClF3N3OS. The molecule has 0 fully saturated rings. The van der Waals surface area contributed by atoms with E-state index in [0.29, 0.717) is 23.4 Å². The van der Waals surface area contributed by atoms with Crippen molar-refractivity contribution in [3.8, 4) is 0 Å². The highest BCUT2D eigenvalue weighted by Crippen LogP contribution is 2.31. The number of fused-ring (bicyclic) bond motifs is 1. The van der Waals surface area contributed by atoms with E-state index >= 15 is 0 Å². The molecule has 9 heteroatoms. The Bertz CT molecular complexity index is 998. The van der Waals surface area contributed by atoms with Gasteiger partial charge in [-0.25, -0.2) is 9.97 Å². The number of amides is 1. The van der Waals surface area contributed by atoms with E-state index in [-0.39, 0.29) is 22.2 Å². The number of carbonyl (C=O) groups is 1. The summed E-state index contributed by atoms with van der Waals surface area (Å²) in [6, 6.07) is 13.7. The Balaban J connectivity index is 1.63. The Morgan fingerprint density at radius 1 is 1.11 bits per heavy atom. The molecule has 3 rings (SSSR count). The maximum absolute atomic E-state index is 13.0. The predicted octanol–water partition coefficient (Wildman–Crippen LogP) is 4.75. The molecule has 3 aromatic rings. The quantitative estimate of drug-likeness (QED) is 0.457. The van der Waals surface area contributed by atoms with E-state index in [1.807, 2.05) is 18.2 Å². The van der Waals surface area contributed by atoms with Gasteiger partial charge in [-0.05, 0) is 30.2 Å². The molecule has 4 nitrogen and oxygen atoms in total. The van der Waals surface area contributed by atoms with Gasteiger partial charge in [0.25, 0.3) is 0 Å². The highest BCUT2D eigenvalue weighted by molar-refractivity contribution is 8.00. The first-order chi connectivity index (χ1) is 13.3.